The number of rotatable bonds is 6. The maximum absolute atomic E-state index is 6.05. The summed E-state index contributed by atoms with van der Waals surface area (Å²) in [6, 6.07) is 6.27. The number of hydrogen-bond donors (Lipinski definition) is 0. The highest BCUT2D eigenvalue weighted by molar-refractivity contribution is 14.1. The van der Waals surface area contributed by atoms with Crippen LogP contribution in [0, 0.1) is 11.8 Å². The van der Waals surface area contributed by atoms with Gasteiger partial charge in [-0.05, 0) is 50.2 Å². The molecule has 1 heterocycles. The van der Waals surface area contributed by atoms with Gasteiger partial charge in [-0.1, -0.05) is 77.1 Å². The molecule has 1 aromatic rings. The number of halogens is 1. The summed E-state index contributed by atoms with van der Waals surface area (Å²) in [4.78, 5) is 0. The summed E-state index contributed by atoms with van der Waals surface area (Å²) in [5.74, 6) is 3.13. The van der Waals surface area contributed by atoms with Crippen LogP contribution in [-0.2, 0) is 11.2 Å². The smallest absolute Gasteiger partial charge is 0.127 e. The van der Waals surface area contributed by atoms with Crippen LogP contribution < -0.4 is 9.47 Å². The highest BCUT2D eigenvalue weighted by atomic mass is 127. The minimum atomic E-state index is -0.0922. The Balaban J connectivity index is 0.00000120. The zero-order chi connectivity index (χ0) is 22.4. The molecule has 1 aliphatic carbocycles. The van der Waals surface area contributed by atoms with E-state index in [1.807, 2.05) is 47.6 Å². The van der Waals surface area contributed by atoms with Crippen LogP contribution in [0.5, 0.6) is 11.5 Å². The molecule has 170 valence electrons. The first-order valence-corrected chi connectivity index (χ1v) is 13.1. The third-order valence-corrected chi connectivity index (χ3v) is 5.28. The first-order chi connectivity index (χ1) is 14.0. The Bertz CT molecular complexity index is 545. The minimum absolute atomic E-state index is 0.0922. The number of fused-ring (bicyclic) bond motifs is 1. The standard InChI is InChI=1S/C19H27IO3.3C2H6/c1-13-8-14(9-17(13)21-7-6-20)12-22-16-5-4-15-11-19(2,3)23-18(15)10-16;3*1-2/h4-5,10,13-14,17H,6-9,11-12H2,1-3H3;3*1-2H3. The van der Waals surface area contributed by atoms with Crippen molar-refractivity contribution in [3.05, 3.63) is 23.8 Å². The van der Waals surface area contributed by atoms with Crippen molar-refractivity contribution in [2.24, 2.45) is 11.8 Å². The molecule has 0 aromatic heterocycles. The molecule has 0 bridgehead atoms. The third kappa shape index (κ3) is 9.46. The topological polar surface area (TPSA) is 27.7 Å². The molecule has 0 spiro atoms. The minimum Gasteiger partial charge on any atom is -0.493 e. The van der Waals surface area contributed by atoms with Gasteiger partial charge in [0.1, 0.15) is 17.1 Å². The normalized spacial score (nSPS) is 23.2. The quantitative estimate of drug-likeness (QED) is 0.284. The number of ether oxygens (including phenoxy) is 3. The Morgan fingerprint density at radius 3 is 2.34 bits per heavy atom. The van der Waals surface area contributed by atoms with Crippen LogP contribution in [0.15, 0.2) is 18.2 Å². The van der Waals surface area contributed by atoms with Crippen molar-refractivity contribution in [1.29, 1.82) is 0 Å². The Kier molecular flexibility index (Phi) is 15.1. The maximum atomic E-state index is 6.05. The molecule has 0 radical (unpaired) electrons. The van der Waals surface area contributed by atoms with Gasteiger partial charge in [0.15, 0.2) is 0 Å². The van der Waals surface area contributed by atoms with Crippen LogP contribution >= 0.6 is 22.6 Å². The Morgan fingerprint density at radius 1 is 1.07 bits per heavy atom. The fraction of sp³-hybridized carbons (Fsp3) is 0.760. The molecule has 3 atom stereocenters. The average molecular weight is 521 g/mol. The first-order valence-electron chi connectivity index (χ1n) is 11.6. The van der Waals surface area contributed by atoms with Crippen molar-refractivity contribution in [3.8, 4) is 11.5 Å². The molecule has 1 aromatic carbocycles. The second kappa shape index (κ2) is 15.3. The summed E-state index contributed by atoms with van der Waals surface area (Å²) in [5, 5.41) is 0. The van der Waals surface area contributed by atoms with Crippen molar-refractivity contribution in [3.63, 3.8) is 0 Å². The Morgan fingerprint density at radius 2 is 1.72 bits per heavy atom. The zero-order valence-electron chi connectivity index (χ0n) is 20.3. The molecule has 3 unspecified atom stereocenters. The fourth-order valence-electron chi connectivity index (χ4n) is 3.77. The monoisotopic (exact) mass is 520 g/mol. The van der Waals surface area contributed by atoms with Crippen LogP contribution in [-0.4, -0.2) is 29.3 Å². The van der Waals surface area contributed by atoms with Crippen molar-refractivity contribution in [1.82, 2.24) is 0 Å². The molecule has 3 rings (SSSR count). The SMILES string of the molecule is CC.CC.CC.CC1CC(COc2ccc3c(c2)OC(C)(C)C3)CC1OCCI. The summed E-state index contributed by atoms with van der Waals surface area (Å²) in [7, 11) is 0. The molecular formula is C25H45IO3. The van der Waals surface area contributed by atoms with Gasteiger partial charge in [0, 0.05) is 16.9 Å². The number of alkyl halides is 1. The van der Waals surface area contributed by atoms with E-state index in [1.165, 1.54) is 12.0 Å². The van der Waals surface area contributed by atoms with E-state index in [9.17, 15) is 0 Å². The van der Waals surface area contributed by atoms with E-state index < -0.39 is 0 Å². The van der Waals surface area contributed by atoms with E-state index in [-0.39, 0.29) is 5.60 Å². The van der Waals surface area contributed by atoms with Gasteiger partial charge < -0.3 is 14.2 Å². The van der Waals surface area contributed by atoms with E-state index in [4.69, 9.17) is 14.2 Å². The van der Waals surface area contributed by atoms with Crippen LogP contribution in [0.2, 0.25) is 0 Å². The average Bonchev–Trinajstić information content (AvgIpc) is 3.25. The first kappa shape index (κ1) is 28.5. The second-order valence-electron chi connectivity index (χ2n) is 7.53. The van der Waals surface area contributed by atoms with Gasteiger partial charge in [0.2, 0.25) is 0 Å². The summed E-state index contributed by atoms with van der Waals surface area (Å²) >= 11 is 2.37. The molecule has 4 heteroatoms. The molecule has 2 aliphatic rings. The fourth-order valence-corrected chi connectivity index (χ4v) is 4.03. The highest BCUT2D eigenvalue weighted by Crippen LogP contribution is 2.38. The van der Waals surface area contributed by atoms with Crippen molar-refractivity contribution >= 4 is 22.6 Å². The predicted molar refractivity (Wildman–Crippen MR) is 135 cm³/mol. The van der Waals surface area contributed by atoms with Crippen LogP contribution in [0.1, 0.15) is 80.7 Å². The van der Waals surface area contributed by atoms with Crippen LogP contribution in [0.25, 0.3) is 0 Å². The summed E-state index contributed by atoms with van der Waals surface area (Å²) in [6.07, 6.45) is 3.69. The molecule has 0 N–H and O–H groups in total. The van der Waals surface area contributed by atoms with E-state index >= 15 is 0 Å². The van der Waals surface area contributed by atoms with Gasteiger partial charge >= 0.3 is 0 Å². The number of hydrogen-bond acceptors (Lipinski definition) is 3. The number of benzene rings is 1. The van der Waals surface area contributed by atoms with E-state index in [0.717, 1.165) is 42.0 Å². The lowest BCUT2D eigenvalue weighted by atomic mass is 10.0. The van der Waals surface area contributed by atoms with Crippen LogP contribution in [0.3, 0.4) is 0 Å². The van der Waals surface area contributed by atoms with Gasteiger partial charge in [-0.3, -0.25) is 0 Å². The highest BCUT2D eigenvalue weighted by Gasteiger charge is 2.33. The van der Waals surface area contributed by atoms with E-state index in [0.29, 0.717) is 17.9 Å². The second-order valence-corrected chi connectivity index (χ2v) is 8.61. The summed E-state index contributed by atoms with van der Waals surface area (Å²) in [6.45, 7) is 20.2. The lowest BCUT2D eigenvalue weighted by Gasteiger charge is -2.17. The predicted octanol–water partition coefficient (Wildman–Crippen LogP) is 7.72. The van der Waals surface area contributed by atoms with Gasteiger partial charge in [-0.2, -0.15) is 0 Å². The lowest BCUT2D eigenvalue weighted by Crippen LogP contribution is -2.24. The van der Waals surface area contributed by atoms with E-state index in [2.05, 4.69) is 55.5 Å². The molecule has 1 saturated carbocycles. The van der Waals surface area contributed by atoms with Gasteiger partial charge in [-0.15, -0.1) is 0 Å². The van der Waals surface area contributed by atoms with Gasteiger partial charge in [-0.25, -0.2) is 0 Å². The van der Waals surface area contributed by atoms with Crippen LogP contribution in [0.4, 0.5) is 0 Å². The lowest BCUT2D eigenvalue weighted by molar-refractivity contribution is 0.0416. The summed E-state index contributed by atoms with van der Waals surface area (Å²) < 4.78 is 19.0. The Hall–Kier alpha value is -0.490. The largest absolute Gasteiger partial charge is 0.493 e. The molecule has 1 fully saturated rings. The van der Waals surface area contributed by atoms with Crippen molar-refractivity contribution < 1.29 is 14.2 Å². The van der Waals surface area contributed by atoms with Gasteiger partial charge in [0.05, 0.1) is 19.3 Å². The third-order valence-electron chi connectivity index (χ3n) is 4.84. The molecule has 0 saturated heterocycles. The molecular weight excluding hydrogens is 475 g/mol. The molecule has 1 aliphatic heterocycles. The summed E-state index contributed by atoms with van der Waals surface area (Å²) in [5.41, 5.74) is 1.19. The molecule has 0 amide bonds. The molecule has 29 heavy (non-hydrogen) atoms. The zero-order valence-corrected chi connectivity index (χ0v) is 22.5. The van der Waals surface area contributed by atoms with Gasteiger partial charge in [0.25, 0.3) is 0 Å². The van der Waals surface area contributed by atoms with E-state index in [1.54, 1.807) is 0 Å². The Labute approximate surface area is 194 Å². The van der Waals surface area contributed by atoms with Crippen molar-refractivity contribution in [2.45, 2.75) is 93.3 Å². The maximum Gasteiger partial charge on any atom is 0.127 e. The molecule has 3 nitrogen and oxygen atoms in total. The van der Waals surface area contributed by atoms with Crippen molar-refractivity contribution in [2.75, 3.05) is 17.6 Å².